The van der Waals surface area contributed by atoms with Gasteiger partial charge < -0.3 is 15.0 Å². The fourth-order valence-corrected chi connectivity index (χ4v) is 2.24. The number of hydrogen-bond donors (Lipinski definition) is 1. The highest BCUT2D eigenvalue weighted by Gasteiger charge is 2.15. The minimum atomic E-state index is 0.236. The van der Waals surface area contributed by atoms with Crippen LogP contribution in [-0.2, 0) is 9.53 Å². The largest absolute Gasteiger partial charge is 0.378 e. The Balaban J connectivity index is 2.13. The van der Waals surface area contributed by atoms with Crippen molar-refractivity contribution in [3.63, 3.8) is 0 Å². The van der Waals surface area contributed by atoms with Crippen molar-refractivity contribution in [3.8, 4) is 0 Å². The summed E-state index contributed by atoms with van der Waals surface area (Å²) in [7, 11) is 0. The number of hydrogen-bond acceptors (Lipinski definition) is 3. The molecular formula is C14H28N2O2. The molecule has 18 heavy (non-hydrogen) atoms. The van der Waals surface area contributed by atoms with Crippen LogP contribution in [0, 0.1) is 0 Å². The number of amides is 1. The fourth-order valence-electron chi connectivity index (χ4n) is 2.24. The minimum Gasteiger partial charge on any atom is -0.378 e. The lowest BCUT2D eigenvalue weighted by Crippen LogP contribution is -2.35. The van der Waals surface area contributed by atoms with E-state index in [1.165, 1.54) is 0 Å². The minimum absolute atomic E-state index is 0.236. The summed E-state index contributed by atoms with van der Waals surface area (Å²) in [5, 5.41) is 3.31. The van der Waals surface area contributed by atoms with Crippen molar-refractivity contribution in [2.45, 2.75) is 52.1 Å². The smallest absolute Gasteiger partial charge is 0.224 e. The van der Waals surface area contributed by atoms with E-state index in [0.717, 1.165) is 51.9 Å². The molecule has 0 aromatic heterocycles. The maximum atomic E-state index is 12.0. The van der Waals surface area contributed by atoms with Gasteiger partial charge in [0.1, 0.15) is 0 Å². The standard InChI is InChI=1S/C14H28N2O2/c1-3-5-11-16(4-2)14(17)8-12-18-13-6-9-15-10-7-13/h13,15H,3-12H2,1-2H3. The zero-order valence-corrected chi connectivity index (χ0v) is 11.9. The molecule has 1 aliphatic heterocycles. The maximum Gasteiger partial charge on any atom is 0.224 e. The second-order valence-electron chi connectivity index (χ2n) is 4.90. The lowest BCUT2D eigenvalue weighted by atomic mass is 10.1. The number of rotatable bonds is 8. The monoisotopic (exact) mass is 256 g/mol. The Bertz CT molecular complexity index is 228. The summed E-state index contributed by atoms with van der Waals surface area (Å²) in [6, 6.07) is 0. The van der Waals surface area contributed by atoms with Crippen LogP contribution < -0.4 is 5.32 Å². The van der Waals surface area contributed by atoms with Crippen LogP contribution in [0.3, 0.4) is 0 Å². The first-order chi connectivity index (χ1) is 8.77. The summed E-state index contributed by atoms with van der Waals surface area (Å²) in [4.78, 5) is 13.9. The first-order valence-corrected chi connectivity index (χ1v) is 7.38. The predicted octanol–water partition coefficient (Wildman–Crippen LogP) is 1.79. The zero-order valence-electron chi connectivity index (χ0n) is 11.9. The highest BCUT2D eigenvalue weighted by Crippen LogP contribution is 2.08. The van der Waals surface area contributed by atoms with Crippen LogP contribution >= 0.6 is 0 Å². The average molecular weight is 256 g/mol. The molecule has 0 bridgehead atoms. The van der Waals surface area contributed by atoms with Crippen LogP contribution in [0.15, 0.2) is 0 Å². The van der Waals surface area contributed by atoms with Gasteiger partial charge in [-0.1, -0.05) is 13.3 Å². The molecule has 0 aromatic carbocycles. The van der Waals surface area contributed by atoms with Crippen molar-refractivity contribution in [1.82, 2.24) is 10.2 Å². The quantitative estimate of drug-likeness (QED) is 0.720. The molecule has 0 atom stereocenters. The van der Waals surface area contributed by atoms with Gasteiger partial charge >= 0.3 is 0 Å². The van der Waals surface area contributed by atoms with Crippen LogP contribution in [-0.4, -0.2) is 49.7 Å². The van der Waals surface area contributed by atoms with Gasteiger partial charge in [-0.2, -0.15) is 0 Å². The number of nitrogens with one attached hydrogen (secondary N) is 1. The maximum absolute atomic E-state index is 12.0. The van der Waals surface area contributed by atoms with Crippen LogP contribution in [0.4, 0.5) is 0 Å². The number of piperidine rings is 1. The van der Waals surface area contributed by atoms with Crippen molar-refractivity contribution in [3.05, 3.63) is 0 Å². The van der Waals surface area contributed by atoms with E-state index >= 15 is 0 Å². The van der Waals surface area contributed by atoms with Crippen molar-refractivity contribution in [2.24, 2.45) is 0 Å². The Hall–Kier alpha value is -0.610. The van der Waals surface area contributed by atoms with Gasteiger partial charge in [0.2, 0.25) is 5.91 Å². The molecule has 0 spiro atoms. The molecule has 0 unspecified atom stereocenters. The highest BCUT2D eigenvalue weighted by molar-refractivity contribution is 5.76. The first kappa shape index (κ1) is 15.4. The summed E-state index contributed by atoms with van der Waals surface area (Å²) in [6.07, 6.45) is 5.25. The number of nitrogens with zero attached hydrogens (tertiary/aromatic N) is 1. The van der Waals surface area contributed by atoms with E-state index in [4.69, 9.17) is 4.74 Å². The van der Waals surface area contributed by atoms with Crippen molar-refractivity contribution < 1.29 is 9.53 Å². The first-order valence-electron chi connectivity index (χ1n) is 7.38. The third-order valence-corrected chi connectivity index (χ3v) is 3.47. The second-order valence-corrected chi connectivity index (χ2v) is 4.90. The third kappa shape index (κ3) is 5.83. The van der Waals surface area contributed by atoms with Gasteiger partial charge in [0.15, 0.2) is 0 Å². The van der Waals surface area contributed by atoms with Gasteiger partial charge in [-0.15, -0.1) is 0 Å². The van der Waals surface area contributed by atoms with E-state index < -0.39 is 0 Å². The Morgan fingerprint density at radius 3 is 2.67 bits per heavy atom. The number of ether oxygens (including phenoxy) is 1. The zero-order chi connectivity index (χ0) is 13.2. The SMILES string of the molecule is CCCCN(CC)C(=O)CCOC1CCNCC1. The van der Waals surface area contributed by atoms with Gasteiger partial charge in [0.05, 0.1) is 19.1 Å². The Kier molecular flexibility index (Phi) is 8.01. The van der Waals surface area contributed by atoms with E-state index in [9.17, 15) is 4.79 Å². The molecule has 106 valence electrons. The predicted molar refractivity (Wildman–Crippen MR) is 73.6 cm³/mol. The normalized spacial score (nSPS) is 16.8. The lowest BCUT2D eigenvalue weighted by molar-refractivity contribution is -0.132. The van der Waals surface area contributed by atoms with Gasteiger partial charge in [-0.05, 0) is 39.3 Å². The van der Waals surface area contributed by atoms with E-state index in [-0.39, 0.29) is 5.91 Å². The third-order valence-electron chi connectivity index (χ3n) is 3.47. The summed E-state index contributed by atoms with van der Waals surface area (Å²) < 4.78 is 5.77. The fraction of sp³-hybridized carbons (Fsp3) is 0.929. The molecule has 4 nitrogen and oxygen atoms in total. The molecule has 1 amide bonds. The van der Waals surface area contributed by atoms with Crippen LogP contribution in [0.5, 0.6) is 0 Å². The van der Waals surface area contributed by atoms with Crippen molar-refractivity contribution >= 4 is 5.91 Å². The molecule has 1 aliphatic rings. The Morgan fingerprint density at radius 1 is 1.33 bits per heavy atom. The van der Waals surface area contributed by atoms with Gasteiger partial charge in [0, 0.05) is 13.1 Å². The molecule has 1 rings (SSSR count). The average Bonchev–Trinajstić information content (AvgIpc) is 2.41. The molecule has 0 aromatic rings. The van der Waals surface area contributed by atoms with Gasteiger partial charge in [0.25, 0.3) is 0 Å². The molecule has 0 saturated carbocycles. The van der Waals surface area contributed by atoms with Crippen LogP contribution in [0.25, 0.3) is 0 Å². The Morgan fingerprint density at radius 2 is 2.06 bits per heavy atom. The highest BCUT2D eigenvalue weighted by atomic mass is 16.5. The number of carbonyl (C=O) groups is 1. The van der Waals surface area contributed by atoms with Crippen LogP contribution in [0.1, 0.15) is 46.0 Å². The molecule has 1 fully saturated rings. The molecular weight excluding hydrogens is 228 g/mol. The molecule has 1 N–H and O–H groups in total. The van der Waals surface area contributed by atoms with Crippen molar-refractivity contribution in [1.29, 1.82) is 0 Å². The Labute approximate surface area is 111 Å². The van der Waals surface area contributed by atoms with Crippen LogP contribution in [0.2, 0.25) is 0 Å². The molecule has 1 saturated heterocycles. The van der Waals surface area contributed by atoms with Gasteiger partial charge in [-0.25, -0.2) is 0 Å². The van der Waals surface area contributed by atoms with E-state index in [1.807, 2.05) is 11.8 Å². The molecule has 4 heteroatoms. The summed E-state index contributed by atoms with van der Waals surface area (Å²) in [5.74, 6) is 0.236. The van der Waals surface area contributed by atoms with E-state index in [0.29, 0.717) is 19.1 Å². The second kappa shape index (κ2) is 9.34. The van der Waals surface area contributed by atoms with Gasteiger partial charge in [-0.3, -0.25) is 4.79 Å². The van der Waals surface area contributed by atoms with E-state index in [1.54, 1.807) is 0 Å². The summed E-state index contributed by atoms with van der Waals surface area (Å²) >= 11 is 0. The van der Waals surface area contributed by atoms with Crippen molar-refractivity contribution in [2.75, 3.05) is 32.8 Å². The number of unbranched alkanes of at least 4 members (excludes halogenated alkanes) is 1. The molecule has 0 aliphatic carbocycles. The molecule has 0 radical (unpaired) electrons. The number of carbonyl (C=O) groups excluding carboxylic acids is 1. The summed E-state index contributed by atoms with van der Waals surface area (Å²) in [6.45, 7) is 8.55. The summed E-state index contributed by atoms with van der Waals surface area (Å²) in [5.41, 5.74) is 0. The lowest BCUT2D eigenvalue weighted by Gasteiger charge is -2.24. The molecule has 1 heterocycles. The topological polar surface area (TPSA) is 41.6 Å². The van der Waals surface area contributed by atoms with E-state index in [2.05, 4.69) is 12.2 Å².